The van der Waals surface area contributed by atoms with E-state index in [1.165, 1.54) is 0 Å². The lowest BCUT2D eigenvalue weighted by Gasteiger charge is -2.44. The highest BCUT2D eigenvalue weighted by molar-refractivity contribution is 5.13. The molecule has 6 nitrogen and oxygen atoms in total. The van der Waals surface area contributed by atoms with Gasteiger partial charge in [-0.2, -0.15) is 0 Å². The molecule has 1 aliphatic rings. The van der Waals surface area contributed by atoms with Crippen LogP contribution in [0.4, 0.5) is 0 Å². The molecule has 6 heteroatoms. The van der Waals surface area contributed by atoms with E-state index in [1.54, 1.807) is 28.4 Å². The van der Waals surface area contributed by atoms with Gasteiger partial charge >= 0.3 is 0 Å². The lowest BCUT2D eigenvalue weighted by molar-refractivity contribution is -0.313. The van der Waals surface area contributed by atoms with Crippen LogP contribution in [0.25, 0.3) is 0 Å². The van der Waals surface area contributed by atoms with E-state index in [0.717, 1.165) is 5.56 Å². The highest BCUT2D eigenvalue weighted by atomic mass is 16.7. The first-order valence-electron chi connectivity index (χ1n) is 7.63. The van der Waals surface area contributed by atoms with E-state index < -0.39 is 12.4 Å². The normalized spacial score (nSPS) is 31.2. The first-order valence-corrected chi connectivity index (χ1v) is 7.63. The molecule has 0 unspecified atom stereocenters. The van der Waals surface area contributed by atoms with E-state index >= 15 is 0 Å². The molecule has 1 aromatic rings. The van der Waals surface area contributed by atoms with Crippen molar-refractivity contribution in [2.45, 2.75) is 37.3 Å². The zero-order valence-corrected chi connectivity index (χ0v) is 14.1. The van der Waals surface area contributed by atoms with Gasteiger partial charge in [0.25, 0.3) is 0 Å². The number of hydrogen-bond donors (Lipinski definition) is 0. The molecule has 1 fully saturated rings. The third-order valence-electron chi connectivity index (χ3n) is 3.98. The van der Waals surface area contributed by atoms with Crippen molar-refractivity contribution >= 4 is 0 Å². The maximum Gasteiger partial charge on any atom is 0.186 e. The van der Waals surface area contributed by atoms with E-state index in [2.05, 4.69) is 0 Å². The number of rotatable bonds is 8. The second-order valence-corrected chi connectivity index (χ2v) is 5.40. The van der Waals surface area contributed by atoms with E-state index in [-0.39, 0.29) is 18.3 Å². The molecule has 2 rings (SSSR count). The monoisotopic (exact) mass is 326 g/mol. The summed E-state index contributed by atoms with van der Waals surface area (Å²) in [5, 5.41) is 0. The molecular weight excluding hydrogens is 300 g/mol. The number of hydrogen-bond acceptors (Lipinski definition) is 6. The van der Waals surface area contributed by atoms with Gasteiger partial charge in [-0.1, -0.05) is 30.3 Å². The van der Waals surface area contributed by atoms with Gasteiger partial charge in [-0.05, 0) is 5.56 Å². The minimum absolute atomic E-state index is 0.281. The van der Waals surface area contributed by atoms with Gasteiger partial charge in [0.2, 0.25) is 0 Å². The second kappa shape index (κ2) is 9.32. The van der Waals surface area contributed by atoms with Crippen LogP contribution in [0, 0.1) is 0 Å². The maximum absolute atomic E-state index is 6.04. The highest BCUT2D eigenvalue weighted by Crippen LogP contribution is 2.28. The van der Waals surface area contributed by atoms with Crippen molar-refractivity contribution in [1.29, 1.82) is 0 Å². The van der Waals surface area contributed by atoms with Crippen molar-refractivity contribution in [1.82, 2.24) is 0 Å². The Morgan fingerprint density at radius 2 is 1.57 bits per heavy atom. The summed E-state index contributed by atoms with van der Waals surface area (Å²) in [6.45, 7) is 0.837. The predicted molar refractivity (Wildman–Crippen MR) is 84.2 cm³/mol. The summed E-state index contributed by atoms with van der Waals surface area (Å²) < 4.78 is 33.8. The van der Waals surface area contributed by atoms with Crippen molar-refractivity contribution in [2.75, 3.05) is 35.0 Å². The molecule has 0 spiro atoms. The summed E-state index contributed by atoms with van der Waals surface area (Å²) in [6.07, 6.45) is -1.84. The smallest absolute Gasteiger partial charge is 0.186 e. The summed E-state index contributed by atoms with van der Waals surface area (Å²) in [6, 6.07) is 9.94. The molecule has 1 heterocycles. The third-order valence-corrected chi connectivity index (χ3v) is 3.98. The van der Waals surface area contributed by atoms with Crippen molar-refractivity contribution in [3.8, 4) is 0 Å². The van der Waals surface area contributed by atoms with Gasteiger partial charge in [-0.25, -0.2) is 0 Å². The largest absolute Gasteiger partial charge is 0.382 e. The zero-order chi connectivity index (χ0) is 16.7. The van der Waals surface area contributed by atoms with Crippen LogP contribution < -0.4 is 0 Å². The van der Waals surface area contributed by atoms with E-state index in [9.17, 15) is 0 Å². The quantitative estimate of drug-likeness (QED) is 0.724. The summed E-state index contributed by atoms with van der Waals surface area (Å²) >= 11 is 0. The first-order chi connectivity index (χ1) is 11.2. The molecule has 1 aliphatic heterocycles. The predicted octanol–water partition coefficient (Wildman–Crippen LogP) is 1.62. The van der Waals surface area contributed by atoms with Gasteiger partial charge in [0.1, 0.15) is 24.4 Å². The molecule has 5 atom stereocenters. The molecule has 0 aromatic heterocycles. The molecule has 0 aliphatic carbocycles. The molecule has 0 saturated carbocycles. The Hall–Kier alpha value is -1.02. The van der Waals surface area contributed by atoms with Gasteiger partial charge in [0.05, 0.1) is 13.2 Å². The molecule has 0 bridgehead atoms. The summed E-state index contributed by atoms with van der Waals surface area (Å²) in [5.74, 6) is 0. The zero-order valence-electron chi connectivity index (χ0n) is 14.1. The minimum atomic E-state index is -0.546. The Labute approximate surface area is 137 Å². The average Bonchev–Trinajstić information content (AvgIpc) is 2.60. The molecule has 1 aromatic carbocycles. The fourth-order valence-electron chi connectivity index (χ4n) is 2.86. The fourth-order valence-corrected chi connectivity index (χ4v) is 2.86. The van der Waals surface area contributed by atoms with Gasteiger partial charge in [-0.15, -0.1) is 0 Å². The number of benzene rings is 1. The molecule has 0 radical (unpaired) electrons. The van der Waals surface area contributed by atoms with Gasteiger partial charge in [-0.3, -0.25) is 0 Å². The van der Waals surface area contributed by atoms with Crippen LogP contribution in [0.3, 0.4) is 0 Å². The van der Waals surface area contributed by atoms with Crippen LogP contribution in [-0.2, 0) is 35.0 Å². The van der Waals surface area contributed by atoms with Crippen molar-refractivity contribution in [3.63, 3.8) is 0 Å². The number of methoxy groups -OCH3 is 4. The van der Waals surface area contributed by atoms with Crippen molar-refractivity contribution in [3.05, 3.63) is 35.9 Å². The van der Waals surface area contributed by atoms with Crippen molar-refractivity contribution < 1.29 is 28.4 Å². The Bertz CT molecular complexity index is 440. The minimum Gasteiger partial charge on any atom is -0.382 e. The molecule has 1 saturated heterocycles. The lowest BCUT2D eigenvalue weighted by atomic mass is 9.98. The Kier molecular flexibility index (Phi) is 7.42. The number of ether oxygens (including phenoxy) is 6. The van der Waals surface area contributed by atoms with E-state index in [0.29, 0.717) is 13.2 Å². The Morgan fingerprint density at radius 1 is 0.870 bits per heavy atom. The van der Waals surface area contributed by atoms with Crippen LogP contribution in [-0.4, -0.2) is 65.8 Å². The van der Waals surface area contributed by atoms with Gasteiger partial charge in [0, 0.05) is 28.4 Å². The maximum atomic E-state index is 6.04. The molecule has 130 valence electrons. The average molecular weight is 326 g/mol. The Morgan fingerprint density at radius 3 is 2.13 bits per heavy atom. The third kappa shape index (κ3) is 4.50. The molecular formula is C17H26O6. The molecule has 0 N–H and O–H groups in total. The highest BCUT2D eigenvalue weighted by Gasteiger charge is 2.47. The topological polar surface area (TPSA) is 55.4 Å². The first kappa shape index (κ1) is 18.3. The standard InChI is InChI=1S/C17H26O6/c1-18-11-13-14(19-2)15(20-3)16(17(21-4)23-13)22-10-12-8-6-5-7-9-12/h5-9,13-17H,10-11H2,1-4H3/t13-,14-,15+,16-,17+/m1/s1. The molecule has 0 amide bonds. The van der Waals surface area contributed by atoms with E-state index in [4.69, 9.17) is 28.4 Å². The van der Waals surface area contributed by atoms with Crippen LogP contribution in [0.15, 0.2) is 30.3 Å². The van der Waals surface area contributed by atoms with Crippen LogP contribution in [0.1, 0.15) is 5.56 Å². The summed E-state index contributed by atoms with van der Waals surface area (Å²) in [5.41, 5.74) is 1.07. The SMILES string of the molecule is COC[C@H]1O[C@H](OC)[C@H](OCc2ccccc2)[C@@H](OC)[C@@H]1OC. The van der Waals surface area contributed by atoms with Crippen LogP contribution in [0.2, 0.25) is 0 Å². The lowest BCUT2D eigenvalue weighted by Crippen LogP contribution is -2.61. The van der Waals surface area contributed by atoms with Crippen molar-refractivity contribution in [2.24, 2.45) is 0 Å². The van der Waals surface area contributed by atoms with Crippen LogP contribution in [0.5, 0.6) is 0 Å². The molecule has 23 heavy (non-hydrogen) atoms. The van der Waals surface area contributed by atoms with Gasteiger partial charge < -0.3 is 28.4 Å². The van der Waals surface area contributed by atoms with E-state index in [1.807, 2.05) is 30.3 Å². The second-order valence-electron chi connectivity index (χ2n) is 5.40. The van der Waals surface area contributed by atoms with Crippen LogP contribution >= 0.6 is 0 Å². The fraction of sp³-hybridized carbons (Fsp3) is 0.647. The van der Waals surface area contributed by atoms with Gasteiger partial charge in [0.15, 0.2) is 6.29 Å². The summed E-state index contributed by atoms with van der Waals surface area (Å²) in [4.78, 5) is 0. The summed E-state index contributed by atoms with van der Waals surface area (Å²) in [7, 11) is 6.48. The Balaban J connectivity index is 2.10.